The van der Waals surface area contributed by atoms with Crippen LogP contribution >= 0.6 is 0 Å². The predicted molar refractivity (Wildman–Crippen MR) is 116 cm³/mol. The number of benzene rings is 1. The summed E-state index contributed by atoms with van der Waals surface area (Å²) in [5.41, 5.74) is 5.98. The van der Waals surface area contributed by atoms with Gasteiger partial charge in [0.15, 0.2) is 5.92 Å². The number of hydrogen-bond donors (Lipinski definition) is 2. The number of amides is 2. The molecule has 9 nitrogen and oxygen atoms in total. The van der Waals surface area contributed by atoms with Crippen LogP contribution < -0.4 is 10.6 Å². The summed E-state index contributed by atoms with van der Waals surface area (Å²) in [5, 5.41) is 0. The Labute approximate surface area is 190 Å². The highest BCUT2D eigenvalue weighted by Gasteiger charge is 2.35. The lowest BCUT2D eigenvalue weighted by Gasteiger charge is -2.20. The Morgan fingerprint density at radius 2 is 1.94 bits per heavy atom. The van der Waals surface area contributed by atoms with Crippen LogP contribution in [0.1, 0.15) is 40.5 Å². The van der Waals surface area contributed by atoms with Gasteiger partial charge in [0.25, 0.3) is 5.91 Å². The van der Waals surface area contributed by atoms with Crippen molar-refractivity contribution in [2.75, 3.05) is 11.4 Å². The van der Waals surface area contributed by atoms with Gasteiger partial charge in [0.05, 0.1) is 22.9 Å². The predicted octanol–water partition coefficient (Wildman–Crippen LogP) is 3.05. The van der Waals surface area contributed by atoms with Crippen LogP contribution in [-0.2, 0) is 11.0 Å². The number of nitrogens with one attached hydrogen (secondary N) is 1. The van der Waals surface area contributed by atoms with Gasteiger partial charge in [-0.25, -0.2) is 15.0 Å². The van der Waals surface area contributed by atoms with Gasteiger partial charge in [-0.15, -0.1) is 0 Å². The molecule has 0 fully saturated rings. The summed E-state index contributed by atoms with van der Waals surface area (Å²) in [6.45, 7) is 2.22. The fourth-order valence-corrected chi connectivity index (χ4v) is 3.47. The lowest BCUT2D eigenvalue weighted by molar-refractivity contribution is -0.141. The molecular weight excluding hydrogens is 451 g/mol. The summed E-state index contributed by atoms with van der Waals surface area (Å²) in [4.78, 5) is 45.2. The van der Waals surface area contributed by atoms with E-state index in [9.17, 15) is 22.8 Å². The quantitative estimate of drug-likeness (QED) is 0.446. The molecule has 0 radical (unpaired) electrons. The first kappa shape index (κ1) is 22.8. The number of primary amides is 1. The highest BCUT2D eigenvalue weighted by molar-refractivity contribution is 6.07. The lowest BCUT2D eigenvalue weighted by atomic mass is 10.1. The summed E-state index contributed by atoms with van der Waals surface area (Å²) in [6.07, 6.45) is -0.648. The number of carbonyl (C=O) groups is 2. The summed E-state index contributed by atoms with van der Waals surface area (Å²) in [6, 6.07) is 8.83. The molecule has 0 aliphatic heterocycles. The zero-order chi connectivity index (χ0) is 24.5. The van der Waals surface area contributed by atoms with Crippen molar-refractivity contribution in [2.45, 2.75) is 19.0 Å². The summed E-state index contributed by atoms with van der Waals surface area (Å²) < 4.78 is 39.2. The molecule has 12 heteroatoms. The van der Waals surface area contributed by atoms with E-state index in [2.05, 4.69) is 24.9 Å². The van der Waals surface area contributed by atoms with Gasteiger partial charge in [-0.3, -0.25) is 14.6 Å². The van der Waals surface area contributed by atoms with Gasteiger partial charge in [0.1, 0.15) is 17.3 Å². The Balaban J connectivity index is 1.71. The average Bonchev–Trinajstić information content (AvgIpc) is 3.22. The third kappa shape index (κ3) is 4.42. The van der Waals surface area contributed by atoms with Crippen molar-refractivity contribution in [3.05, 3.63) is 77.9 Å². The molecule has 0 aliphatic carbocycles. The van der Waals surface area contributed by atoms with Gasteiger partial charge in [0.2, 0.25) is 5.91 Å². The van der Waals surface area contributed by atoms with Crippen LogP contribution in [0.15, 0.2) is 55.0 Å². The van der Waals surface area contributed by atoms with Gasteiger partial charge in [-0.1, -0.05) is 0 Å². The van der Waals surface area contributed by atoms with Crippen LogP contribution in [0.4, 0.5) is 18.9 Å². The van der Waals surface area contributed by atoms with E-state index in [4.69, 9.17) is 5.73 Å². The summed E-state index contributed by atoms with van der Waals surface area (Å²) in [5.74, 6) is -3.20. The van der Waals surface area contributed by atoms with Crippen molar-refractivity contribution in [3.63, 3.8) is 0 Å². The summed E-state index contributed by atoms with van der Waals surface area (Å²) >= 11 is 0. The minimum Gasteiger partial charge on any atom is -0.369 e. The fourth-order valence-electron chi connectivity index (χ4n) is 3.47. The zero-order valence-electron chi connectivity index (χ0n) is 17.7. The Bertz CT molecular complexity index is 1360. The number of anilines is 1. The molecule has 0 bridgehead atoms. The number of H-pyrrole nitrogens is 1. The van der Waals surface area contributed by atoms with Crippen molar-refractivity contribution < 1.29 is 22.8 Å². The maximum Gasteiger partial charge on any atom is 0.433 e. The fraction of sp³-hybridized carbons (Fsp3) is 0.182. The normalized spacial score (nSPS) is 12.5. The lowest BCUT2D eigenvalue weighted by Crippen LogP contribution is -2.30. The number of nitrogens with two attached hydrogens (primary N) is 1. The molecule has 1 atom stereocenters. The molecule has 3 aromatic heterocycles. The maximum atomic E-state index is 13.1. The monoisotopic (exact) mass is 469 g/mol. The number of fused-ring (bicyclic) bond motifs is 1. The number of pyridine rings is 1. The first-order valence-electron chi connectivity index (χ1n) is 10.1. The molecule has 3 heterocycles. The topological polar surface area (TPSA) is 131 Å². The molecule has 4 aromatic rings. The summed E-state index contributed by atoms with van der Waals surface area (Å²) in [7, 11) is 0. The molecule has 0 spiro atoms. The average molecular weight is 469 g/mol. The number of rotatable bonds is 6. The first-order chi connectivity index (χ1) is 16.2. The van der Waals surface area contributed by atoms with Gasteiger partial charge in [0, 0.05) is 24.5 Å². The van der Waals surface area contributed by atoms with E-state index in [0.717, 1.165) is 6.20 Å². The SMILES string of the molecule is CCN(C(=O)c1ccc2nc(C(C(N)=O)c3nccc(C(F)(F)F)n3)[nH]c2c1)c1cccnc1. The van der Waals surface area contributed by atoms with E-state index in [1.165, 1.54) is 11.0 Å². The third-order valence-corrected chi connectivity index (χ3v) is 5.05. The first-order valence-corrected chi connectivity index (χ1v) is 10.1. The second kappa shape index (κ2) is 8.89. The molecule has 0 aliphatic rings. The van der Waals surface area contributed by atoms with E-state index >= 15 is 0 Å². The number of imidazole rings is 1. The van der Waals surface area contributed by atoms with Crippen LogP contribution in [-0.4, -0.2) is 43.3 Å². The molecule has 3 N–H and O–H groups in total. The van der Waals surface area contributed by atoms with Crippen molar-refractivity contribution in [2.24, 2.45) is 5.73 Å². The minimum atomic E-state index is -4.72. The molecule has 4 rings (SSSR count). The van der Waals surface area contributed by atoms with Crippen LogP contribution in [0.3, 0.4) is 0 Å². The van der Waals surface area contributed by atoms with E-state index in [-0.39, 0.29) is 11.7 Å². The van der Waals surface area contributed by atoms with E-state index < -0.39 is 29.5 Å². The van der Waals surface area contributed by atoms with Crippen molar-refractivity contribution in [1.82, 2.24) is 24.9 Å². The van der Waals surface area contributed by atoms with Crippen molar-refractivity contribution in [3.8, 4) is 0 Å². The van der Waals surface area contributed by atoms with Gasteiger partial charge in [-0.05, 0) is 43.3 Å². The maximum absolute atomic E-state index is 13.1. The third-order valence-electron chi connectivity index (χ3n) is 5.05. The minimum absolute atomic E-state index is 0.0361. The number of aromatic amines is 1. The van der Waals surface area contributed by atoms with Gasteiger partial charge in [-0.2, -0.15) is 13.2 Å². The molecule has 1 aromatic carbocycles. The number of alkyl halides is 3. The smallest absolute Gasteiger partial charge is 0.369 e. The number of carbonyl (C=O) groups excluding carboxylic acids is 2. The highest BCUT2D eigenvalue weighted by atomic mass is 19.4. The van der Waals surface area contributed by atoms with Crippen LogP contribution in [0.25, 0.3) is 11.0 Å². The van der Waals surface area contributed by atoms with E-state index in [1.54, 1.807) is 36.7 Å². The number of nitrogens with zero attached hydrogens (tertiary/aromatic N) is 5. The second-order valence-electron chi connectivity index (χ2n) is 7.25. The van der Waals surface area contributed by atoms with Crippen LogP contribution in [0.5, 0.6) is 0 Å². The Kier molecular flexibility index (Phi) is 5.97. The van der Waals surface area contributed by atoms with Crippen molar-refractivity contribution >= 4 is 28.5 Å². The standard InChI is InChI=1S/C22H18F3N7O2/c1-2-32(13-4-3-8-27-11-13)21(34)12-5-6-14-15(10-12)30-20(29-14)17(18(26)33)19-28-9-7-16(31-19)22(23,24)25/h3-11,17H,2H2,1H3,(H2,26,33)(H,29,30). The van der Waals surface area contributed by atoms with Crippen LogP contribution in [0, 0.1) is 0 Å². The molecular formula is C22H18F3N7O2. The molecule has 34 heavy (non-hydrogen) atoms. The van der Waals surface area contributed by atoms with Crippen molar-refractivity contribution in [1.29, 1.82) is 0 Å². The second-order valence-corrected chi connectivity index (χ2v) is 7.25. The highest BCUT2D eigenvalue weighted by Crippen LogP contribution is 2.29. The van der Waals surface area contributed by atoms with Gasteiger partial charge >= 0.3 is 6.18 Å². The largest absolute Gasteiger partial charge is 0.433 e. The molecule has 0 saturated carbocycles. The molecule has 1 unspecified atom stereocenters. The number of aromatic nitrogens is 5. The number of hydrogen-bond acceptors (Lipinski definition) is 6. The van der Waals surface area contributed by atoms with Crippen LogP contribution in [0.2, 0.25) is 0 Å². The van der Waals surface area contributed by atoms with E-state index in [0.29, 0.717) is 34.9 Å². The van der Waals surface area contributed by atoms with E-state index in [1.807, 2.05) is 6.92 Å². The molecule has 2 amide bonds. The zero-order valence-corrected chi connectivity index (χ0v) is 17.7. The Morgan fingerprint density at radius 3 is 2.59 bits per heavy atom. The Morgan fingerprint density at radius 1 is 1.15 bits per heavy atom. The molecule has 174 valence electrons. The Hall–Kier alpha value is -4.35. The molecule has 0 saturated heterocycles. The van der Waals surface area contributed by atoms with Gasteiger partial charge < -0.3 is 15.6 Å². The number of halogens is 3.